The van der Waals surface area contributed by atoms with Crippen LogP contribution in [-0.2, 0) is 19.0 Å². The molecule has 0 saturated heterocycles. The highest BCUT2D eigenvalue weighted by Gasteiger charge is 2.10. The molecule has 148 valence electrons. The van der Waals surface area contributed by atoms with Gasteiger partial charge in [0, 0.05) is 30.1 Å². The monoisotopic (exact) mass is 379 g/mol. The van der Waals surface area contributed by atoms with Gasteiger partial charge < -0.3 is 23.7 Å². The smallest absolute Gasteiger partial charge is 0.170 e. The third-order valence-electron chi connectivity index (χ3n) is 3.35. The van der Waals surface area contributed by atoms with E-state index < -0.39 is 6.23 Å². The Labute approximate surface area is 158 Å². The molecule has 0 fully saturated rings. The lowest BCUT2D eigenvalue weighted by Gasteiger charge is -2.14. The van der Waals surface area contributed by atoms with Gasteiger partial charge in [-0.3, -0.25) is 4.79 Å². The predicted molar refractivity (Wildman–Crippen MR) is 97.8 cm³/mol. The van der Waals surface area contributed by atoms with Gasteiger partial charge in [0.05, 0.1) is 13.2 Å². The molecule has 0 radical (unpaired) electrons. The number of benzene rings is 1. The lowest BCUT2D eigenvalue weighted by Crippen LogP contribution is -2.21. The fourth-order valence-corrected chi connectivity index (χ4v) is 2.10. The number of nitrogens with zero attached hydrogens (tertiary/aromatic N) is 3. The minimum Gasteiger partial charge on any atom is -0.491 e. The zero-order chi connectivity index (χ0) is 19.7. The first kappa shape index (κ1) is 22.6. The minimum atomic E-state index is -0.847. The van der Waals surface area contributed by atoms with Crippen LogP contribution < -0.4 is 4.74 Å². The zero-order valence-corrected chi connectivity index (χ0v) is 15.4. The number of carbonyl (C=O) groups is 2. The summed E-state index contributed by atoms with van der Waals surface area (Å²) in [6.45, 7) is 3.42. The van der Waals surface area contributed by atoms with Crippen molar-refractivity contribution in [3.63, 3.8) is 0 Å². The van der Waals surface area contributed by atoms with Crippen LogP contribution in [-0.4, -0.2) is 57.9 Å². The van der Waals surface area contributed by atoms with Crippen LogP contribution in [0.3, 0.4) is 0 Å². The Balaban J connectivity index is 2.47. The molecule has 9 nitrogen and oxygen atoms in total. The second-order valence-electron chi connectivity index (χ2n) is 5.33. The fraction of sp³-hybridized carbons (Fsp3) is 0.556. The van der Waals surface area contributed by atoms with Crippen molar-refractivity contribution in [3.8, 4) is 5.75 Å². The van der Waals surface area contributed by atoms with Gasteiger partial charge in [-0.05, 0) is 31.0 Å². The molecule has 1 rings (SSSR count). The van der Waals surface area contributed by atoms with Gasteiger partial charge in [0.25, 0.3) is 0 Å². The van der Waals surface area contributed by atoms with Crippen LogP contribution in [0.1, 0.15) is 30.1 Å². The van der Waals surface area contributed by atoms with Gasteiger partial charge in [0.15, 0.2) is 12.0 Å². The third-order valence-corrected chi connectivity index (χ3v) is 3.35. The van der Waals surface area contributed by atoms with Gasteiger partial charge in [-0.25, -0.2) is 0 Å². The summed E-state index contributed by atoms with van der Waals surface area (Å²) in [5.41, 5.74) is 9.15. The zero-order valence-electron chi connectivity index (χ0n) is 15.4. The van der Waals surface area contributed by atoms with E-state index in [0.29, 0.717) is 43.7 Å². The molecule has 0 spiro atoms. The molecule has 1 aromatic rings. The highest BCUT2D eigenvalue weighted by molar-refractivity contribution is 5.96. The molecule has 0 saturated carbocycles. The summed E-state index contributed by atoms with van der Waals surface area (Å²) in [5, 5.41) is 3.50. The maximum absolute atomic E-state index is 12.2. The maximum atomic E-state index is 12.2. The number of hydrogen-bond acceptors (Lipinski definition) is 7. The highest BCUT2D eigenvalue weighted by Crippen LogP contribution is 2.16. The molecule has 27 heavy (non-hydrogen) atoms. The van der Waals surface area contributed by atoms with Gasteiger partial charge in [-0.15, -0.1) is 0 Å². The van der Waals surface area contributed by atoms with E-state index in [2.05, 4.69) is 10.0 Å². The fourth-order valence-electron chi connectivity index (χ4n) is 2.10. The molecule has 0 N–H and O–H groups in total. The normalized spacial score (nSPS) is 11.4. The lowest BCUT2D eigenvalue weighted by molar-refractivity contribution is -0.112. The molecule has 0 bridgehead atoms. The third kappa shape index (κ3) is 10.3. The first-order chi connectivity index (χ1) is 13.2. The Morgan fingerprint density at radius 3 is 2.89 bits per heavy atom. The minimum absolute atomic E-state index is 0.00956. The molecule has 0 aromatic heterocycles. The molecule has 0 amide bonds. The van der Waals surface area contributed by atoms with Crippen molar-refractivity contribution >= 4 is 12.1 Å². The van der Waals surface area contributed by atoms with E-state index in [1.165, 1.54) is 0 Å². The summed E-state index contributed by atoms with van der Waals surface area (Å²) >= 11 is 0. The summed E-state index contributed by atoms with van der Waals surface area (Å²) in [6.07, 6.45) is 0.852. The average molecular weight is 379 g/mol. The summed E-state index contributed by atoms with van der Waals surface area (Å²) in [5.74, 6) is 0.486. The van der Waals surface area contributed by atoms with E-state index in [0.717, 1.165) is 0 Å². The van der Waals surface area contributed by atoms with Gasteiger partial charge in [0.1, 0.15) is 25.2 Å². The Morgan fingerprint density at radius 1 is 1.30 bits per heavy atom. The van der Waals surface area contributed by atoms with Crippen LogP contribution in [0, 0.1) is 0 Å². The van der Waals surface area contributed by atoms with Gasteiger partial charge in [0.2, 0.25) is 0 Å². The summed E-state index contributed by atoms with van der Waals surface area (Å²) in [7, 11) is 0. The molecule has 0 aliphatic rings. The van der Waals surface area contributed by atoms with Gasteiger partial charge in [-0.2, -0.15) is 0 Å². The van der Waals surface area contributed by atoms with E-state index in [1.54, 1.807) is 24.3 Å². The van der Waals surface area contributed by atoms with Crippen LogP contribution in [0.25, 0.3) is 10.4 Å². The van der Waals surface area contributed by atoms with E-state index in [1.807, 2.05) is 6.92 Å². The molecule has 9 heteroatoms. The topological polar surface area (TPSA) is 120 Å². The first-order valence-corrected chi connectivity index (χ1v) is 8.72. The molecule has 0 heterocycles. The number of rotatable bonds is 16. The largest absolute Gasteiger partial charge is 0.491 e. The second kappa shape index (κ2) is 14.7. The number of Topliss-reactive ketones (excluding diaryl/α,β-unsaturated/α-hetero) is 1. The SMILES string of the molecule is CCOCCCC(=O)c1cccc(OCC(N=[N+]=[N-])OCCOCC=O)c1. The molecule has 1 unspecified atom stereocenters. The average Bonchev–Trinajstić information content (AvgIpc) is 2.69. The highest BCUT2D eigenvalue weighted by atomic mass is 16.6. The van der Waals surface area contributed by atoms with Crippen LogP contribution in [0.4, 0.5) is 0 Å². The number of hydrogen-bond donors (Lipinski definition) is 0. The number of azide groups is 1. The molecular formula is C18H25N3O6. The first-order valence-electron chi connectivity index (χ1n) is 8.72. The standard InChI is InChI=1S/C18H25N3O6/c1-2-24-9-4-7-17(23)15-5-3-6-16(13-15)27-14-18(20-21-19)26-12-11-25-10-8-22/h3,5-6,8,13,18H,2,4,7,9-12,14H2,1H3. The van der Waals surface area contributed by atoms with Crippen molar-refractivity contribution in [3.05, 3.63) is 40.3 Å². The quantitative estimate of drug-likeness (QED) is 0.109. The van der Waals surface area contributed by atoms with Gasteiger partial charge in [-0.1, -0.05) is 17.2 Å². The van der Waals surface area contributed by atoms with Crippen LogP contribution in [0.5, 0.6) is 5.75 Å². The van der Waals surface area contributed by atoms with Crippen molar-refractivity contribution in [2.45, 2.75) is 26.0 Å². The Kier molecular flexibility index (Phi) is 12.3. The van der Waals surface area contributed by atoms with Crippen LogP contribution in [0.2, 0.25) is 0 Å². The van der Waals surface area contributed by atoms with Crippen molar-refractivity contribution in [1.82, 2.24) is 0 Å². The molecular weight excluding hydrogens is 354 g/mol. The van der Waals surface area contributed by atoms with Crippen molar-refractivity contribution in [2.75, 3.05) is 39.6 Å². The maximum Gasteiger partial charge on any atom is 0.170 e. The molecule has 1 atom stereocenters. The van der Waals surface area contributed by atoms with Crippen molar-refractivity contribution in [1.29, 1.82) is 0 Å². The van der Waals surface area contributed by atoms with Crippen LogP contribution in [0.15, 0.2) is 29.4 Å². The van der Waals surface area contributed by atoms with E-state index >= 15 is 0 Å². The number of aldehydes is 1. The van der Waals surface area contributed by atoms with Gasteiger partial charge >= 0.3 is 0 Å². The predicted octanol–water partition coefficient (Wildman–Crippen LogP) is 2.93. The van der Waals surface area contributed by atoms with E-state index in [4.69, 9.17) is 24.5 Å². The second-order valence-corrected chi connectivity index (χ2v) is 5.33. The number of carbonyl (C=O) groups excluding carboxylic acids is 2. The lowest BCUT2D eigenvalue weighted by atomic mass is 10.1. The van der Waals surface area contributed by atoms with E-state index in [9.17, 15) is 9.59 Å². The number of ether oxygens (including phenoxy) is 4. The summed E-state index contributed by atoms with van der Waals surface area (Å²) < 4.78 is 21.1. The van der Waals surface area contributed by atoms with E-state index in [-0.39, 0.29) is 32.2 Å². The molecule has 0 aliphatic carbocycles. The number of ketones is 1. The van der Waals surface area contributed by atoms with Crippen molar-refractivity contribution < 1.29 is 28.5 Å². The van der Waals surface area contributed by atoms with Crippen molar-refractivity contribution in [2.24, 2.45) is 5.11 Å². The Bertz CT molecular complexity index is 619. The summed E-state index contributed by atoms with van der Waals surface area (Å²) in [6, 6.07) is 6.80. The Hall–Kier alpha value is -2.45. The summed E-state index contributed by atoms with van der Waals surface area (Å²) in [4.78, 5) is 25.0. The Morgan fingerprint density at radius 2 is 2.15 bits per heavy atom. The molecule has 1 aromatic carbocycles. The van der Waals surface area contributed by atoms with Crippen LogP contribution >= 0.6 is 0 Å². The molecule has 0 aliphatic heterocycles.